The molecule has 180 valence electrons. The molecule has 1 saturated carbocycles. The van der Waals surface area contributed by atoms with Crippen LogP contribution in [0.1, 0.15) is 42.2 Å². The highest BCUT2D eigenvalue weighted by atomic mass is 32.2. The Morgan fingerprint density at radius 2 is 2.09 bits per heavy atom. The van der Waals surface area contributed by atoms with Crippen molar-refractivity contribution in [2.24, 2.45) is 5.92 Å². The van der Waals surface area contributed by atoms with E-state index in [-0.39, 0.29) is 23.3 Å². The Balaban J connectivity index is 1.40. The average Bonchev–Trinajstić information content (AvgIpc) is 3.50. The normalized spacial score (nSPS) is 16.1. The molecule has 1 unspecified atom stereocenters. The molecule has 1 fully saturated rings. The molecule has 0 aliphatic heterocycles. The van der Waals surface area contributed by atoms with Crippen molar-refractivity contribution in [3.05, 3.63) is 56.7 Å². The molecule has 6 nitrogen and oxygen atoms in total. The molecule has 1 atom stereocenters. The number of rotatable bonds is 10. The van der Waals surface area contributed by atoms with Gasteiger partial charge in [-0.2, -0.15) is 0 Å². The van der Waals surface area contributed by atoms with Gasteiger partial charge in [-0.15, -0.1) is 11.3 Å². The number of fused-ring (bicyclic) bond motifs is 3. The van der Waals surface area contributed by atoms with Gasteiger partial charge in [0.25, 0.3) is 5.56 Å². The minimum Gasteiger partial charge on any atom is -0.383 e. The fraction of sp³-hybridized carbons (Fsp3) is 0.500. The van der Waals surface area contributed by atoms with Crippen molar-refractivity contribution in [3.63, 3.8) is 0 Å². The average molecular weight is 498 g/mol. The van der Waals surface area contributed by atoms with Crippen molar-refractivity contribution < 1.29 is 9.53 Å². The van der Waals surface area contributed by atoms with Crippen LogP contribution < -0.4 is 5.56 Å². The lowest BCUT2D eigenvalue weighted by Crippen LogP contribution is -2.40. The number of carbonyl (C=O) groups excluding carboxylic acids is 1. The molecule has 5 rings (SSSR count). The number of aryl methyl sites for hydroxylation is 2. The lowest BCUT2D eigenvalue weighted by molar-refractivity contribution is -0.131. The number of carbonyl (C=O) groups is 1. The van der Waals surface area contributed by atoms with Crippen molar-refractivity contribution >= 4 is 39.2 Å². The first-order valence-electron chi connectivity index (χ1n) is 12.1. The minimum atomic E-state index is 0.00360. The third-order valence-corrected chi connectivity index (χ3v) is 9.09. The van der Waals surface area contributed by atoms with Crippen LogP contribution in [0.4, 0.5) is 0 Å². The van der Waals surface area contributed by atoms with E-state index in [1.807, 2.05) is 23.1 Å². The van der Waals surface area contributed by atoms with E-state index in [4.69, 9.17) is 9.72 Å². The zero-order valence-electron chi connectivity index (χ0n) is 19.8. The summed E-state index contributed by atoms with van der Waals surface area (Å²) >= 11 is 3.02. The van der Waals surface area contributed by atoms with Gasteiger partial charge in [-0.25, -0.2) is 4.98 Å². The first-order valence-corrected chi connectivity index (χ1v) is 13.9. The first-order chi connectivity index (χ1) is 16.6. The van der Waals surface area contributed by atoms with Gasteiger partial charge < -0.3 is 9.64 Å². The van der Waals surface area contributed by atoms with Crippen molar-refractivity contribution in [1.82, 2.24) is 14.5 Å². The van der Waals surface area contributed by atoms with Crippen LogP contribution in [0.2, 0.25) is 0 Å². The maximum atomic E-state index is 13.5. The Kier molecular flexibility index (Phi) is 7.09. The van der Waals surface area contributed by atoms with Gasteiger partial charge in [-0.05, 0) is 56.1 Å². The molecule has 0 N–H and O–H groups in total. The zero-order chi connectivity index (χ0) is 23.7. The molecule has 1 amide bonds. The molecular weight excluding hydrogens is 466 g/mol. The fourth-order valence-electron chi connectivity index (χ4n) is 4.83. The number of hydrogen-bond acceptors (Lipinski definition) is 6. The van der Waals surface area contributed by atoms with Crippen LogP contribution in [0.5, 0.6) is 0 Å². The van der Waals surface area contributed by atoms with Crippen molar-refractivity contribution in [1.29, 1.82) is 0 Å². The second kappa shape index (κ2) is 10.2. The van der Waals surface area contributed by atoms with Gasteiger partial charge in [-0.3, -0.25) is 14.2 Å². The van der Waals surface area contributed by atoms with E-state index in [1.54, 1.807) is 23.0 Å². The molecule has 0 bridgehead atoms. The van der Waals surface area contributed by atoms with Gasteiger partial charge in [-0.1, -0.05) is 42.1 Å². The molecule has 0 radical (unpaired) electrons. The summed E-state index contributed by atoms with van der Waals surface area (Å²) < 4.78 is 6.98. The predicted molar refractivity (Wildman–Crippen MR) is 138 cm³/mol. The number of ether oxygens (including phenoxy) is 1. The minimum absolute atomic E-state index is 0.00360. The molecule has 3 aromatic rings. The largest absolute Gasteiger partial charge is 0.383 e. The van der Waals surface area contributed by atoms with Gasteiger partial charge in [0.15, 0.2) is 5.16 Å². The Morgan fingerprint density at radius 3 is 2.82 bits per heavy atom. The summed E-state index contributed by atoms with van der Waals surface area (Å²) in [5.74, 6) is 0.940. The number of thioether (sulfide) groups is 1. The molecule has 2 heterocycles. The van der Waals surface area contributed by atoms with Crippen molar-refractivity contribution in [2.75, 3.05) is 19.5 Å². The highest BCUT2D eigenvalue weighted by Crippen LogP contribution is 2.37. The molecule has 2 aromatic heterocycles. The van der Waals surface area contributed by atoms with Gasteiger partial charge >= 0.3 is 0 Å². The Bertz CT molecular complexity index is 1230. The quantitative estimate of drug-likeness (QED) is 0.305. The Labute approximate surface area is 208 Å². The van der Waals surface area contributed by atoms with Crippen LogP contribution in [0.3, 0.4) is 0 Å². The van der Waals surface area contributed by atoms with E-state index in [2.05, 4.69) is 19.1 Å². The van der Waals surface area contributed by atoms with E-state index in [9.17, 15) is 9.59 Å². The fourth-order valence-corrected chi connectivity index (χ4v) is 7.04. The number of hydrogen-bond donors (Lipinski definition) is 0. The predicted octanol–water partition coefficient (Wildman–Crippen LogP) is 4.51. The number of thiophene rings is 1. The lowest BCUT2D eigenvalue weighted by atomic mass is 10.1. The maximum Gasteiger partial charge on any atom is 0.263 e. The Hall–Kier alpha value is -2.16. The number of nitrogens with zero attached hydrogens (tertiary/aromatic N) is 3. The summed E-state index contributed by atoms with van der Waals surface area (Å²) in [6.45, 7) is 3.64. The lowest BCUT2D eigenvalue weighted by Gasteiger charge is -2.29. The number of benzene rings is 1. The summed E-state index contributed by atoms with van der Waals surface area (Å²) in [6.07, 6.45) is 5.46. The smallest absolute Gasteiger partial charge is 0.263 e. The molecule has 8 heteroatoms. The molecule has 0 spiro atoms. The van der Waals surface area contributed by atoms with Gasteiger partial charge in [0, 0.05) is 24.6 Å². The standard InChI is InChI=1S/C26H31N3O3S2/c1-17(19-11-12-19)29(15-18-7-4-3-5-8-18)22(30)16-33-26-27-24-23(20-9-6-10-21(20)34-24)25(31)28(26)13-14-32-2/h3-5,7-8,17,19H,6,9-16H2,1-2H3. The Morgan fingerprint density at radius 1 is 1.29 bits per heavy atom. The second-order valence-corrected chi connectivity index (χ2v) is 11.3. The summed E-state index contributed by atoms with van der Waals surface area (Å²) in [6, 6.07) is 10.4. The van der Waals surface area contributed by atoms with E-state index in [0.717, 1.165) is 35.0 Å². The SMILES string of the molecule is COCCn1c(SCC(=O)N(Cc2ccccc2)C(C)C2CC2)nc2sc3c(c2c1=O)CCC3. The van der Waals surface area contributed by atoms with Gasteiger partial charge in [0.1, 0.15) is 4.83 Å². The monoisotopic (exact) mass is 497 g/mol. The number of amides is 1. The van der Waals surface area contributed by atoms with Gasteiger partial charge in [0.05, 0.1) is 24.3 Å². The maximum absolute atomic E-state index is 13.5. The molecule has 2 aliphatic carbocycles. The van der Waals surface area contributed by atoms with Crippen LogP contribution in [0, 0.1) is 5.92 Å². The van der Waals surface area contributed by atoms with Crippen LogP contribution in [0.25, 0.3) is 10.2 Å². The summed E-state index contributed by atoms with van der Waals surface area (Å²) in [7, 11) is 1.64. The molecule has 1 aromatic carbocycles. The van der Waals surface area contributed by atoms with E-state index in [1.165, 1.54) is 35.0 Å². The van der Waals surface area contributed by atoms with Crippen molar-refractivity contribution in [3.8, 4) is 0 Å². The third-order valence-electron chi connectivity index (χ3n) is 6.95. The molecule has 34 heavy (non-hydrogen) atoms. The van der Waals surface area contributed by atoms with Crippen LogP contribution >= 0.6 is 23.1 Å². The second-order valence-electron chi connectivity index (χ2n) is 9.26. The molecule has 2 aliphatic rings. The highest BCUT2D eigenvalue weighted by molar-refractivity contribution is 7.99. The van der Waals surface area contributed by atoms with Crippen LogP contribution in [0.15, 0.2) is 40.3 Å². The molecular formula is C26H31N3O3S2. The first kappa shape index (κ1) is 23.6. The van der Waals surface area contributed by atoms with Crippen LogP contribution in [-0.2, 0) is 35.5 Å². The summed E-state index contributed by atoms with van der Waals surface area (Å²) in [5, 5.41) is 1.39. The zero-order valence-corrected chi connectivity index (χ0v) is 21.4. The van der Waals surface area contributed by atoms with Gasteiger partial charge in [0.2, 0.25) is 5.91 Å². The van der Waals surface area contributed by atoms with Crippen molar-refractivity contribution in [2.45, 2.75) is 63.3 Å². The van der Waals surface area contributed by atoms with Crippen LogP contribution in [-0.4, -0.2) is 45.9 Å². The van der Waals surface area contributed by atoms with E-state index < -0.39 is 0 Å². The third kappa shape index (κ3) is 4.81. The number of aromatic nitrogens is 2. The molecule has 0 saturated heterocycles. The summed E-state index contributed by atoms with van der Waals surface area (Å²) in [4.78, 5) is 35.9. The number of methoxy groups -OCH3 is 1. The summed E-state index contributed by atoms with van der Waals surface area (Å²) in [5.41, 5.74) is 2.32. The van der Waals surface area contributed by atoms with E-state index in [0.29, 0.717) is 30.8 Å². The topological polar surface area (TPSA) is 64.4 Å². The van der Waals surface area contributed by atoms with E-state index >= 15 is 0 Å². The highest BCUT2D eigenvalue weighted by Gasteiger charge is 2.34.